The highest BCUT2D eigenvalue weighted by molar-refractivity contribution is 7.80. The van der Waals surface area contributed by atoms with Crippen molar-refractivity contribution in [3.8, 4) is 0 Å². The Morgan fingerprint density at radius 2 is 2.27 bits per heavy atom. The van der Waals surface area contributed by atoms with E-state index < -0.39 is 0 Å². The second-order valence-corrected chi connectivity index (χ2v) is 3.72. The van der Waals surface area contributed by atoms with Gasteiger partial charge in [0.2, 0.25) is 0 Å². The summed E-state index contributed by atoms with van der Waals surface area (Å²) in [5.41, 5.74) is 2.02. The Hall–Kier alpha value is -1.42. The van der Waals surface area contributed by atoms with Crippen LogP contribution in [0.2, 0.25) is 0 Å². The molecule has 0 saturated carbocycles. The predicted octanol–water partition coefficient (Wildman–Crippen LogP) is 1.62. The minimum Gasteiger partial charge on any atom is -0.359 e. The van der Waals surface area contributed by atoms with Crippen LogP contribution < -0.4 is 10.6 Å². The van der Waals surface area contributed by atoms with E-state index in [4.69, 9.17) is 12.2 Å². The standard InChI is InChI=1S/C11H15N3S/c1-9(2)7-13-11(15)14-8-10-5-3-4-6-12-10/h3-6H,1,7-8H2,2H3,(H2,13,14,15). The van der Waals surface area contributed by atoms with Crippen molar-refractivity contribution in [1.82, 2.24) is 15.6 Å². The molecule has 1 aromatic heterocycles. The van der Waals surface area contributed by atoms with Gasteiger partial charge < -0.3 is 10.6 Å². The van der Waals surface area contributed by atoms with Crippen LogP contribution >= 0.6 is 12.2 Å². The molecule has 4 heteroatoms. The zero-order valence-electron chi connectivity index (χ0n) is 8.79. The van der Waals surface area contributed by atoms with E-state index in [1.165, 1.54) is 0 Å². The van der Waals surface area contributed by atoms with Gasteiger partial charge in [-0.25, -0.2) is 0 Å². The average Bonchev–Trinajstić information content (AvgIpc) is 2.25. The van der Waals surface area contributed by atoms with Crippen LogP contribution in [0.1, 0.15) is 12.6 Å². The molecule has 0 unspecified atom stereocenters. The molecule has 0 aliphatic carbocycles. The molecule has 1 rings (SSSR count). The third kappa shape index (κ3) is 5.12. The van der Waals surface area contributed by atoms with Gasteiger partial charge in [-0.1, -0.05) is 18.2 Å². The van der Waals surface area contributed by atoms with Crippen LogP contribution in [0.4, 0.5) is 0 Å². The fourth-order valence-corrected chi connectivity index (χ4v) is 1.11. The Morgan fingerprint density at radius 1 is 1.47 bits per heavy atom. The molecule has 0 aliphatic heterocycles. The SMILES string of the molecule is C=C(C)CNC(=S)NCc1ccccn1. The van der Waals surface area contributed by atoms with Gasteiger partial charge in [0.25, 0.3) is 0 Å². The zero-order chi connectivity index (χ0) is 11.1. The lowest BCUT2D eigenvalue weighted by Crippen LogP contribution is -2.35. The van der Waals surface area contributed by atoms with Crippen LogP contribution in [0, 0.1) is 0 Å². The summed E-state index contributed by atoms with van der Waals surface area (Å²) in [6.07, 6.45) is 1.77. The summed E-state index contributed by atoms with van der Waals surface area (Å²) < 4.78 is 0. The lowest BCUT2D eigenvalue weighted by Gasteiger charge is -2.09. The van der Waals surface area contributed by atoms with Crippen molar-refractivity contribution in [2.24, 2.45) is 0 Å². The molecule has 0 atom stereocenters. The maximum atomic E-state index is 5.08. The number of rotatable bonds is 4. The smallest absolute Gasteiger partial charge is 0.166 e. The first-order valence-corrected chi connectivity index (χ1v) is 5.15. The molecular weight excluding hydrogens is 206 g/mol. The van der Waals surface area contributed by atoms with Crippen molar-refractivity contribution in [2.75, 3.05) is 6.54 Å². The first kappa shape index (κ1) is 11.7. The molecule has 0 fully saturated rings. The molecule has 2 N–H and O–H groups in total. The number of nitrogens with one attached hydrogen (secondary N) is 2. The number of hydrogen-bond acceptors (Lipinski definition) is 2. The molecular formula is C11H15N3S. The Bertz CT molecular complexity index is 335. The van der Waals surface area contributed by atoms with Gasteiger partial charge in [0.1, 0.15) is 0 Å². The first-order chi connectivity index (χ1) is 7.18. The molecule has 15 heavy (non-hydrogen) atoms. The normalized spacial score (nSPS) is 9.40. The quantitative estimate of drug-likeness (QED) is 0.598. The summed E-state index contributed by atoms with van der Waals surface area (Å²) >= 11 is 5.08. The second kappa shape index (κ2) is 6.14. The molecule has 1 heterocycles. The summed E-state index contributed by atoms with van der Waals surface area (Å²) in [5, 5.41) is 6.74. The Morgan fingerprint density at radius 3 is 2.87 bits per heavy atom. The lowest BCUT2D eigenvalue weighted by molar-refractivity contribution is 0.837. The molecule has 1 aromatic rings. The lowest BCUT2D eigenvalue weighted by atomic mass is 10.3. The van der Waals surface area contributed by atoms with Gasteiger partial charge in [0, 0.05) is 12.7 Å². The molecule has 0 aliphatic rings. The van der Waals surface area contributed by atoms with Crippen LogP contribution in [0.25, 0.3) is 0 Å². The highest BCUT2D eigenvalue weighted by atomic mass is 32.1. The van der Waals surface area contributed by atoms with E-state index in [0.717, 1.165) is 11.3 Å². The van der Waals surface area contributed by atoms with Crippen LogP contribution in [0.5, 0.6) is 0 Å². The van der Waals surface area contributed by atoms with Gasteiger partial charge in [0.05, 0.1) is 12.2 Å². The second-order valence-electron chi connectivity index (χ2n) is 3.31. The molecule has 80 valence electrons. The minimum atomic E-state index is 0.628. The predicted molar refractivity (Wildman–Crippen MR) is 66.5 cm³/mol. The Labute approximate surface area is 95.6 Å². The van der Waals surface area contributed by atoms with Crippen molar-refractivity contribution in [3.63, 3.8) is 0 Å². The third-order valence-corrected chi connectivity index (χ3v) is 2.00. The number of hydrogen-bond donors (Lipinski definition) is 2. The van der Waals surface area contributed by atoms with E-state index in [2.05, 4.69) is 22.2 Å². The van der Waals surface area contributed by atoms with E-state index in [1.807, 2.05) is 25.1 Å². The molecule has 0 bridgehead atoms. The largest absolute Gasteiger partial charge is 0.359 e. The molecule has 0 saturated heterocycles. The van der Waals surface area contributed by atoms with E-state index in [0.29, 0.717) is 18.2 Å². The Balaban J connectivity index is 2.26. The highest BCUT2D eigenvalue weighted by Crippen LogP contribution is 1.91. The highest BCUT2D eigenvalue weighted by Gasteiger charge is 1.96. The van der Waals surface area contributed by atoms with E-state index in [9.17, 15) is 0 Å². The van der Waals surface area contributed by atoms with Crippen molar-refractivity contribution in [3.05, 3.63) is 42.2 Å². The van der Waals surface area contributed by atoms with Gasteiger partial charge in [0.15, 0.2) is 5.11 Å². The first-order valence-electron chi connectivity index (χ1n) is 4.74. The number of aromatic nitrogens is 1. The van der Waals surface area contributed by atoms with Crippen LogP contribution in [0.3, 0.4) is 0 Å². The van der Waals surface area contributed by atoms with Crippen LogP contribution in [-0.2, 0) is 6.54 Å². The number of nitrogens with zero attached hydrogens (tertiary/aromatic N) is 1. The van der Waals surface area contributed by atoms with E-state index >= 15 is 0 Å². The molecule has 3 nitrogen and oxygen atoms in total. The zero-order valence-corrected chi connectivity index (χ0v) is 9.60. The van der Waals surface area contributed by atoms with Crippen molar-refractivity contribution < 1.29 is 0 Å². The fourth-order valence-electron chi connectivity index (χ4n) is 0.967. The van der Waals surface area contributed by atoms with Crippen LogP contribution in [-0.4, -0.2) is 16.6 Å². The van der Waals surface area contributed by atoms with Crippen molar-refractivity contribution >= 4 is 17.3 Å². The molecule has 0 radical (unpaired) electrons. The fraction of sp³-hybridized carbons (Fsp3) is 0.273. The Kier molecular flexibility index (Phi) is 4.77. The maximum Gasteiger partial charge on any atom is 0.166 e. The van der Waals surface area contributed by atoms with Crippen molar-refractivity contribution in [2.45, 2.75) is 13.5 Å². The summed E-state index contributed by atoms with van der Waals surface area (Å²) in [6, 6.07) is 5.80. The van der Waals surface area contributed by atoms with Gasteiger partial charge in [-0.15, -0.1) is 0 Å². The third-order valence-electron chi connectivity index (χ3n) is 1.71. The summed E-state index contributed by atoms with van der Waals surface area (Å²) in [5.74, 6) is 0. The number of thiocarbonyl (C=S) groups is 1. The van der Waals surface area contributed by atoms with Gasteiger partial charge >= 0.3 is 0 Å². The summed E-state index contributed by atoms with van der Waals surface area (Å²) in [6.45, 7) is 7.08. The van der Waals surface area contributed by atoms with Crippen molar-refractivity contribution in [1.29, 1.82) is 0 Å². The van der Waals surface area contributed by atoms with Gasteiger partial charge in [-0.2, -0.15) is 0 Å². The van der Waals surface area contributed by atoms with Crippen LogP contribution in [0.15, 0.2) is 36.5 Å². The molecule has 0 spiro atoms. The molecule has 0 amide bonds. The van der Waals surface area contributed by atoms with E-state index in [-0.39, 0.29) is 0 Å². The number of pyridine rings is 1. The van der Waals surface area contributed by atoms with Gasteiger partial charge in [-0.05, 0) is 31.3 Å². The minimum absolute atomic E-state index is 0.628. The van der Waals surface area contributed by atoms with E-state index in [1.54, 1.807) is 6.20 Å². The monoisotopic (exact) mass is 221 g/mol. The topological polar surface area (TPSA) is 37.0 Å². The summed E-state index contributed by atoms with van der Waals surface area (Å²) in [4.78, 5) is 4.18. The summed E-state index contributed by atoms with van der Waals surface area (Å²) in [7, 11) is 0. The maximum absolute atomic E-state index is 5.08. The van der Waals surface area contributed by atoms with Gasteiger partial charge in [-0.3, -0.25) is 4.98 Å². The average molecular weight is 221 g/mol. The molecule has 0 aromatic carbocycles.